The van der Waals surface area contributed by atoms with Gasteiger partial charge in [0.05, 0.1) is 0 Å². The summed E-state index contributed by atoms with van der Waals surface area (Å²) in [7, 11) is 0. The molecule has 0 radical (unpaired) electrons. The molecule has 1 unspecified atom stereocenters. The van der Waals surface area contributed by atoms with Gasteiger partial charge in [0.25, 0.3) is 0 Å². The molecule has 1 atom stereocenters. The Morgan fingerprint density at radius 1 is 1.19 bits per heavy atom. The molecule has 0 heterocycles. The van der Waals surface area contributed by atoms with E-state index >= 15 is 0 Å². The van der Waals surface area contributed by atoms with Crippen LogP contribution < -0.4 is 10.1 Å². The molecule has 0 saturated carbocycles. The van der Waals surface area contributed by atoms with Crippen LogP contribution in [-0.4, -0.2) is 18.7 Å². The maximum Gasteiger partial charge on any atom is 0.122 e. The van der Waals surface area contributed by atoms with Crippen molar-refractivity contribution in [3.63, 3.8) is 0 Å². The second-order valence-electron chi connectivity index (χ2n) is 7.32. The number of ether oxygens (including phenoxy) is 1. The molecule has 0 saturated heterocycles. The van der Waals surface area contributed by atoms with Gasteiger partial charge in [0.15, 0.2) is 0 Å². The van der Waals surface area contributed by atoms with Crippen molar-refractivity contribution in [3.05, 3.63) is 29.3 Å². The molecule has 0 aliphatic rings. The Balaban J connectivity index is 2.79. The zero-order valence-corrected chi connectivity index (χ0v) is 14.9. The summed E-state index contributed by atoms with van der Waals surface area (Å²) in [5.41, 5.74) is 2.78. The highest BCUT2D eigenvalue weighted by atomic mass is 16.5. The number of aryl methyl sites for hydroxylation is 1. The van der Waals surface area contributed by atoms with E-state index in [1.54, 1.807) is 0 Å². The van der Waals surface area contributed by atoms with Gasteiger partial charge in [0.1, 0.15) is 11.9 Å². The normalized spacial score (nSPS) is 13.5. The van der Waals surface area contributed by atoms with Crippen molar-refractivity contribution in [2.45, 2.75) is 78.9 Å². The Morgan fingerprint density at radius 2 is 1.86 bits per heavy atom. The molecule has 1 N–H and O–H groups in total. The summed E-state index contributed by atoms with van der Waals surface area (Å²) in [6.45, 7) is 16.3. The van der Waals surface area contributed by atoms with Crippen LogP contribution in [0.4, 0.5) is 0 Å². The Labute approximate surface area is 131 Å². The zero-order chi connectivity index (χ0) is 16.0. The van der Waals surface area contributed by atoms with Gasteiger partial charge in [-0.15, -0.1) is 0 Å². The van der Waals surface area contributed by atoms with E-state index in [9.17, 15) is 0 Å². The average molecular weight is 291 g/mol. The molecule has 0 aliphatic carbocycles. The smallest absolute Gasteiger partial charge is 0.122 e. The van der Waals surface area contributed by atoms with Gasteiger partial charge in [-0.1, -0.05) is 60.1 Å². The van der Waals surface area contributed by atoms with Gasteiger partial charge < -0.3 is 10.1 Å². The van der Waals surface area contributed by atoms with E-state index in [0.29, 0.717) is 6.04 Å². The molecule has 1 aromatic rings. The molecule has 0 amide bonds. The third-order valence-electron chi connectivity index (χ3n) is 3.70. The summed E-state index contributed by atoms with van der Waals surface area (Å²) in [4.78, 5) is 0. The van der Waals surface area contributed by atoms with E-state index in [2.05, 4.69) is 72.0 Å². The number of nitrogens with one attached hydrogen (secondary N) is 1. The highest BCUT2D eigenvalue weighted by Crippen LogP contribution is 2.28. The molecule has 0 bridgehead atoms. The molecule has 2 heteroatoms. The van der Waals surface area contributed by atoms with Crippen molar-refractivity contribution in [2.24, 2.45) is 0 Å². The topological polar surface area (TPSA) is 21.3 Å². The molecule has 0 aromatic heterocycles. The van der Waals surface area contributed by atoms with Crippen LogP contribution >= 0.6 is 0 Å². The summed E-state index contributed by atoms with van der Waals surface area (Å²) in [6.07, 6.45) is 2.47. The number of rotatable bonds is 7. The first-order chi connectivity index (χ1) is 9.74. The van der Waals surface area contributed by atoms with Crippen molar-refractivity contribution < 1.29 is 4.74 Å². The van der Waals surface area contributed by atoms with Gasteiger partial charge in [-0.05, 0) is 36.0 Å². The van der Waals surface area contributed by atoms with E-state index in [1.807, 2.05) is 0 Å². The van der Waals surface area contributed by atoms with Crippen molar-refractivity contribution in [3.8, 4) is 5.75 Å². The molecule has 120 valence electrons. The van der Waals surface area contributed by atoms with E-state index in [4.69, 9.17) is 4.74 Å². The van der Waals surface area contributed by atoms with E-state index < -0.39 is 0 Å². The molecule has 1 rings (SSSR count). The van der Waals surface area contributed by atoms with E-state index in [1.165, 1.54) is 11.1 Å². The Morgan fingerprint density at radius 3 is 2.33 bits per heavy atom. The Bertz CT molecular complexity index is 432. The molecular formula is C19H33NO. The second kappa shape index (κ2) is 7.84. The van der Waals surface area contributed by atoms with Gasteiger partial charge in [-0.2, -0.15) is 0 Å². The van der Waals surface area contributed by atoms with Crippen LogP contribution in [0.2, 0.25) is 0 Å². The van der Waals surface area contributed by atoms with Crippen LogP contribution in [0.15, 0.2) is 18.2 Å². The second-order valence-corrected chi connectivity index (χ2v) is 7.32. The number of hydrogen-bond donors (Lipinski definition) is 1. The molecule has 0 fully saturated rings. The predicted octanol–water partition coefficient (Wildman–Crippen LogP) is 4.84. The summed E-state index contributed by atoms with van der Waals surface area (Å²) >= 11 is 0. The molecule has 1 aromatic carbocycles. The van der Waals surface area contributed by atoms with Gasteiger partial charge in [0, 0.05) is 12.6 Å². The molecule has 0 spiro atoms. The first kappa shape index (κ1) is 18.0. The molecule has 0 aliphatic heterocycles. The van der Waals surface area contributed by atoms with Crippen molar-refractivity contribution in [1.29, 1.82) is 0 Å². The van der Waals surface area contributed by atoms with Crippen LogP contribution in [0.5, 0.6) is 5.75 Å². The molecular weight excluding hydrogens is 258 g/mol. The fourth-order valence-corrected chi connectivity index (χ4v) is 2.32. The number of benzene rings is 1. The van der Waals surface area contributed by atoms with Gasteiger partial charge in [-0.3, -0.25) is 0 Å². The SMILES string of the molecule is CCCC(CNC(C)C)Oc1ccc(C(C)(C)C)cc1C. The maximum atomic E-state index is 6.24. The first-order valence-electron chi connectivity index (χ1n) is 8.25. The van der Waals surface area contributed by atoms with Crippen LogP contribution in [0.3, 0.4) is 0 Å². The Kier molecular flexibility index (Phi) is 6.73. The predicted molar refractivity (Wildman–Crippen MR) is 92.3 cm³/mol. The lowest BCUT2D eigenvalue weighted by Crippen LogP contribution is -2.35. The zero-order valence-electron chi connectivity index (χ0n) is 14.9. The first-order valence-corrected chi connectivity index (χ1v) is 8.25. The lowest BCUT2D eigenvalue weighted by Gasteiger charge is -2.24. The summed E-state index contributed by atoms with van der Waals surface area (Å²) in [6, 6.07) is 7.08. The largest absolute Gasteiger partial charge is 0.489 e. The lowest BCUT2D eigenvalue weighted by molar-refractivity contribution is 0.182. The van der Waals surface area contributed by atoms with Crippen molar-refractivity contribution in [1.82, 2.24) is 5.32 Å². The fraction of sp³-hybridized carbons (Fsp3) is 0.684. The highest BCUT2D eigenvalue weighted by Gasteiger charge is 2.16. The quantitative estimate of drug-likeness (QED) is 0.776. The van der Waals surface area contributed by atoms with E-state index in [0.717, 1.165) is 25.1 Å². The lowest BCUT2D eigenvalue weighted by atomic mass is 9.86. The maximum absolute atomic E-state index is 6.24. The Hall–Kier alpha value is -1.02. The third-order valence-corrected chi connectivity index (χ3v) is 3.70. The third kappa shape index (κ3) is 6.09. The van der Waals surface area contributed by atoms with Crippen LogP contribution in [0, 0.1) is 6.92 Å². The minimum Gasteiger partial charge on any atom is -0.489 e. The fourth-order valence-electron chi connectivity index (χ4n) is 2.32. The summed E-state index contributed by atoms with van der Waals surface area (Å²) in [5, 5.41) is 3.48. The minimum atomic E-state index is 0.186. The molecule has 2 nitrogen and oxygen atoms in total. The van der Waals surface area contributed by atoms with Crippen molar-refractivity contribution in [2.75, 3.05) is 6.54 Å². The molecule has 21 heavy (non-hydrogen) atoms. The average Bonchev–Trinajstić information content (AvgIpc) is 2.37. The standard InChI is InChI=1S/C19H33NO/c1-8-9-17(13-20-14(2)3)21-18-11-10-16(12-15(18)4)19(5,6)7/h10-12,14,17,20H,8-9,13H2,1-7H3. The summed E-state index contributed by atoms with van der Waals surface area (Å²) in [5.74, 6) is 1.02. The van der Waals surface area contributed by atoms with Crippen LogP contribution in [-0.2, 0) is 5.41 Å². The van der Waals surface area contributed by atoms with Crippen molar-refractivity contribution >= 4 is 0 Å². The van der Waals surface area contributed by atoms with Crippen LogP contribution in [0.25, 0.3) is 0 Å². The number of hydrogen-bond acceptors (Lipinski definition) is 2. The van der Waals surface area contributed by atoms with Gasteiger partial charge in [-0.25, -0.2) is 0 Å². The monoisotopic (exact) mass is 291 g/mol. The van der Waals surface area contributed by atoms with Gasteiger partial charge in [0.2, 0.25) is 0 Å². The minimum absolute atomic E-state index is 0.186. The highest BCUT2D eigenvalue weighted by molar-refractivity contribution is 5.38. The van der Waals surface area contributed by atoms with Gasteiger partial charge >= 0.3 is 0 Å². The summed E-state index contributed by atoms with van der Waals surface area (Å²) < 4.78 is 6.24. The van der Waals surface area contributed by atoms with E-state index in [-0.39, 0.29) is 11.5 Å². The van der Waals surface area contributed by atoms with Crippen LogP contribution in [0.1, 0.15) is 65.5 Å².